The van der Waals surface area contributed by atoms with E-state index in [9.17, 15) is 9.59 Å². The lowest BCUT2D eigenvalue weighted by Gasteiger charge is -2.29. The van der Waals surface area contributed by atoms with Gasteiger partial charge in [-0.05, 0) is 17.7 Å². The number of benzene rings is 2. The van der Waals surface area contributed by atoms with Crippen LogP contribution in [0.15, 0.2) is 60.2 Å². The van der Waals surface area contributed by atoms with Crippen LogP contribution < -0.4 is 4.74 Å². The summed E-state index contributed by atoms with van der Waals surface area (Å²) < 4.78 is 16.0. The van der Waals surface area contributed by atoms with Gasteiger partial charge in [-0.25, -0.2) is 9.59 Å². The number of esters is 2. The first kappa shape index (κ1) is 16.8. The highest BCUT2D eigenvalue weighted by atomic mass is 16.7. The summed E-state index contributed by atoms with van der Waals surface area (Å²) in [5.41, 5.74) is 1.46. The van der Waals surface area contributed by atoms with E-state index in [2.05, 4.69) is 0 Å². The quantitative estimate of drug-likeness (QED) is 0.485. The second-order valence-electron chi connectivity index (χ2n) is 6.05. The fraction of sp³-hybridized carbons (Fsp3) is 0.200. The first-order chi connectivity index (χ1) is 11.9. The van der Waals surface area contributed by atoms with Gasteiger partial charge in [0.2, 0.25) is 0 Å². The molecule has 25 heavy (non-hydrogen) atoms. The van der Waals surface area contributed by atoms with E-state index in [4.69, 9.17) is 14.2 Å². The van der Waals surface area contributed by atoms with E-state index in [0.717, 1.165) is 5.56 Å². The Kier molecular flexibility index (Phi) is 4.57. The molecular formula is C20H18O5. The van der Waals surface area contributed by atoms with E-state index in [1.54, 1.807) is 18.2 Å². The standard InChI is InChI=1S/C20H18O5/c1-20(2)24-18(21)16(19(22)25-20)12-15-10-6-7-11-17(15)23-13-14-8-4-3-5-9-14/h3-12H,13H2,1-2H3. The normalized spacial score (nSPS) is 16.0. The van der Waals surface area contributed by atoms with Crippen molar-refractivity contribution in [2.75, 3.05) is 0 Å². The molecule has 1 aliphatic heterocycles. The van der Waals surface area contributed by atoms with Crippen LogP contribution in [0.3, 0.4) is 0 Å². The van der Waals surface area contributed by atoms with Gasteiger partial charge >= 0.3 is 11.9 Å². The highest BCUT2D eigenvalue weighted by Crippen LogP contribution is 2.27. The van der Waals surface area contributed by atoms with Crippen LogP contribution in [-0.2, 0) is 25.7 Å². The molecule has 1 aliphatic rings. The van der Waals surface area contributed by atoms with Gasteiger partial charge in [0, 0.05) is 19.4 Å². The third kappa shape index (κ3) is 4.07. The molecule has 1 saturated heterocycles. The molecule has 0 aromatic heterocycles. The summed E-state index contributed by atoms with van der Waals surface area (Å²) in [6.45, 7) is 3.40. The summed E-state index contributed by atoms with van der Waals surface area (Å²) in [6.07, 6.45) is 1.43. The van der Waals surface area contributed by atoms with Crippen molar-refractivity contribution < 1.29 is 23.8 Å². The Morgan fingerprint density at radius 1 is 0.920 bits per heavy atom. The maximum absolute atomic E-state index is 12.1. The molecule has 5 heteroatoms. The van der Waals surface area contributed by atoms with Crippen molar-refractivity contribution in [3.05, 3.63) is 71.3 Å². The zero-order valence-electron chi connectivity index (χ0n) is 14.0. The van der Waals surface area contributed by atoms with E-state index >= 15 is 0 Å². The number of hydrogen-bond acceptors (Lipinski definition) is 5. The zero-order valence-corrected chi connectivity index (χ0v) is 14.0. The minimum absolute atomic E-state index is 0.157. The molecular weight excluding hydrogens is 320 g/mol. The lowest BCUT2D eigenvalue weighted by molar-refractivity contribution is -0.222. The number of para-hydroxylation sites is 1. The average molecular weight is 338 g/mol. The Labute approximate surface area is 145 Å². The topological polar surface area (TPSA) is 61.8 Å². The van der Waals surface area contributed by atoms with Gasteiger partial charge in [0.15, 0.2) is 0 Å². The van der Waals surface area contributed by atoms with Gasteiger partial charge < -0.3 is 14.2 Å². The minimum atomic E-state index is -1.26. The van der Waals surface area contributed by atoms with Gasteiger partial charge in [0.05, 0.1) is 0 Å². The van der Waals surface area contributed by atoms with Crippen LogP contribution in [0.2, 0.25) is 0 Å². The predicted molar refractivity (Wildman–Crippen MR) is 91.5 cm³/mol. The molecule has 2 aromatic rings. The number of carbonyl (C=O) groups excluding carboxylic acids is 2. The fourth-order valence-corrected chi connectivity index (χ4v) is 2.40. The SMILES string of the molecule is CC1(C)OC(=O)C(=Cc2ccccc2OCc2ccccc2)C(=O)O1. The van der Waals surface area contributed by atoms with Crippen LogP contribution in [0.25, 0.3) is 6.08 Å². The molecule has 0 bridgehead atoms. The Bertz CT molecular complexity index is 799. The van der Waals surface area contributed by atoms with Gasteiger partial charge in [-0.15, -0.1) is 0 Å². The van der Waals surface area contributed by atoms with Crippen LogP contribution in [0.5, 0.6) is 5.75 Å². The molecule has 0 aliphatic carbocycles. The van der Waals surface area contributed by atoms with Gasteiger partial charge in [-0.2, -0.15) is 0 Å². The highest BCUT2D eigenvalue weighted by molar-refractivity contribution is 6.19. The molecule has 0 amide bonds. The summed E-state index contributed by atoms with van der Waals surface area (Å²) in [5.74, 6) is -2.11. The summed E-state index contributed by atoms with van der Waals surface area (Å²) >= 11 is 0. The van der Waals surface area contributed by atoms with Gasteiger partial charge in [-0.1, -0.05) is 48.5 Å². The van der Waals surface area contributed by atoms with Crippen molar-refractivity contribution >= 4 is 18.0 Å². The molecule has 0 radical (unpaired) electrons. The third-order valence-corrected chi connectivity index (χ3v) is 3.57. The molecule has 0 atom stereocenters. The number of ether oxygens (including phenoxy) is 3. The van der Waals surface area contributed by atoms with Crippen molar-refractivity contribution in [2.45, 2.75) is 26.2 Å². The maximum atomic E-state index is 12.1. The Morgan fingerprint density at radius 3 is 2.20 bits per heavy atom. The number of cyclic esters (lactones) is 2. The summed E-state index contributed by atoms with van der Waals surface area (Å²) in [7, 11) is 0. The molecule has 5 nitrogen and oxygen atoms in total. The second-order valence-corrected chi connectivity index (χ2v) is 6.05. The van der Waals surface area contributed by atoms with Crippen LogP contribution in [0, 0.1) is 0 Å². The van der Waals surface area contributed by atoms with Crippen molar-refractivity contribution in [2.24, 2.45) is 0 Å². The fourth-order valence-electron chi connectivity index (χ4n) is 2.40. The molecule has 0 unspecified atom stereocenters. The Hall–Kier alpha value is -3.08. The molecule has 2 aromatic carbocycles. The predicted octanol–water partition coefficient (Wildman–Crippen LogP) is 3.49. The lowest BCUT2D eigenvalue weighted by atomic mass is 10.1. The van der Waals surface area contributed by atoms with E-state index in [1.165, 1.54) is 19.9 Å². The summed E-state index contributed by atoms with van der Waals surface area (Å²) in [6, 6.07) is 16.9. The average Bonchev–Trinajstić information content (AvgIpc) is 2.57. The number of hydrogen-bond donors (Lipinski definition) is 0. The van der Waals surface area contributed by atoms with Gasteiger partial charge in [0.25, 0.3) is 5.79 Å². The second kappa shape index (κ2) is 6.81. The number of rotatable bonds is 4. The molecule has 0 N–H and O–H groups in total. The largest absolute Gasteiger partial charge is 0.488 e. The summed E-state index contributed by atoms with van der Waals surface area (Å²) in [4.78, 5) is 24.2. The van der Waals surface area contributed by atoms with Crippen molar-refractivity contribution in [1.29, 1.82) is 0 Å². The molecule has 1 heterocycles. The van der Waals surface area contributed by atoms with Gasteiger partial charge in [0.1, 0.15) is 17.9 Å². The van der Waals surface area contributed by atoms with Crippen molar-refractivity contribution in [3.63, 3.8) is 0 Å². The van der Waals surface area contributed by atoms with E-state index in [0.29, 0.717) is 17.9 Å². The van der Waals surface area contributed by atoms with Crippen LogP contribution in [0.4, 0.5) is 0 Å². The molecule has 3 rings (SSSR count). The molecule has 128 valence electrons. The maximum Gasteiger partial charge on any atom is 0.348 e. The first-order valence-electron chi connectivity index (χ1n) is 7.89. The molecule has 1 fully saturated rings. The Morgan fingerprint density at radius 2 is 1.52 bits per heavy atom. The van der Waals surface area contributed by atoms with E-state index < -0.39 is 17.7 Å². The minimum Gasteiger partial charge on any atom is -0.488 e. The van der Waals surface area contributed by atoms with Crippen molar-refractivity contribution in [3.8, 4) is 5.75 Å². The number of carbonyl (C=O) groups is 2. The first-order valence-corrected chi connectivity index (χ1v) is 7.89. The summed E-state index contributed by atoms with van der Waals surface area (Å²) in [5, 5.41) is 0. The van der Waals surface area contributed by atoms with Crippen LogP contribution >= 0.6 is 0 Å². The molecule has 0 spiro atoms. The smallest absolute Gasteiger partial charge is 0.348 e. The highest BCUT2D eigenvalue weighted by Gasteiger charge is 2.38. The van der Waals surface area contributed by atoms with Crippen LogP contribution in [-0.4, -0.2) is 17.7 Å². The molecule has 0 saturated carbocycles. The van der Waals surface area contributed by atoms with E-state index in [1.807, 2.05) is 36.4 Å². The van der Waals surface area contributed by atoms with Crippen LogP contribution in [0.1, 0.15) is 25.0 Å². The van der Waals surface area contributed by atoms with Gasteiger partial charge in [-0.3, -0.25) is 0 Å². The monoisotopic (exact) mass is 338 g/mol. The Balaban J connectivity index is 1.83. The third-order valence-electron chi connectivity index (χ3n) is 3.57. The van der Waals surface area contributed by atoms with E-state index in [-0.39, 0.29) is 5.57 Å². The lowest BCUT2D eigenvalue weighted by Crippen LogP contribution is -2.41. The van der Waals surface area contributed by atoms with Crippen molar-refractivity contribution in [1.82, 2.24) is 0 Å². The zero-order chi connectivity index (χ0) is 17.9.